The summed E-state index contributed by atoms with van der Waals surface area (Å²) in [6.45, 7) is 5.07. The lowest BCUT2D eigenvalue weighted by molar-refractivity contribution is -0.134. The standard InChI is InChI=1S/C57H65Cl4N5O8/c58-45-34-40(36-73-56(19-20-56)54(69)65-26-24-63(42-13-14-42)49-7-1-3-9-51(49)65)47(60)32-38(45)11-17-44(67)6-5-28-71-30-31-72-29-23-62-53(68)18-12-39-33-48(61)41(35-46(39)59)37-74-57(21-22-57)55(70)66-27-25-64(43-15-16-43)50-8-2-4-10-52(50)66/h1-4,7-10,32-35,42-43H,5-6,11-31,36-37H2,(H,62,68). The zero-order valence-electron chi connectivity index (χ0n) is 41.8. The van der Waals surface area contributed by atoms with E-state index in [1.165, 1.54) is 25.7 Å². The van der Waals surface area contributed by atoms with E-state index >= 15 is 0 Å². The molecule has 0 bridgehead atoms. The van der Waals surface area contributed by atoms with Crippen LogP contribution >= 0.6 is 46.4 Å². The van der Waals surface area contributed by atoms with Crippen LogP contribution in [0, 0.1) is 0 Å². The molecule has 4 saturated carbocycles. The summed E-state index contributed by atoms with van der Waals surface area (Å²) < 4.78 is 24.0. The number of nitrogens with one attached hydrogen (secondary N) is 1. The molecule has 74 heavy (non-hydrogen) atoms. The lowest BCUT2D eigenvalue weighted by Gasteiger charge is -2.39. The second-order valence-electron chi connectivity index (χ2n) is 20.6. The first kappa shape index (κ1) is 53.0. The fourth-order valence-corrected chi connectivity index (χ4v) is 11.3. The fourth-order valence-electron chi connectivity index (χ4n) is 10.3. The van der Waals surface area contributed by atoms with Crippen LogP contribution < -0.4 is 24.9 Å². The number of carbonyl (C=O) groups is 4. The zero-order valence-corrected chi connectivity index (χ0v) is 44.9. The summed E-state index contributed by atoms with van der Waals surface area (Å²) in [5.74, 6) is -0.0271. The Balaban J connectivity index is 0.564. The fraction of sp³-hybridized carbons (Fsp3) is 0.509. The molecule has 4 aliphatic carbocycles. The summed E-state index contributed by atoms with van der Waals surface area (Å²) in [6, 6.07) is 24.6. The van der Waals surface area contributed by atoms with Gasteiger partial charge in [-0.05, 0) is 141 Å². The molecule has 2 heterocycles. The van der Waals surface area contributed by atoms with Gasteiger partial charge in [0.2, 0.25) is 5.91 Å². The minimum atomic E-state index is -0.866. The summed E-state index contributed by atoms with van der Waals surface area (Å²) in [5, 5.41) is 4.86. The maximum Gasteiger partial charge on any atom is 0.259 e. The molecule has 0 saturated heterocycles. The number of aryl methyl sites for hydroxylation is 2. The van der Waals surface area contributed by atoms with Crippen molar-refractivity contribution in [1.82, 2.24) is 5.32 Å². The number of carbonyl (C=O) groups excluding carboxylic acids is 4. The lowest BCUT2D eigenvalue weighted by atomic mass is 10.0. The van der Waals surface area contributed by atoms with Crippen LogP contribution in [-0.4, -0.2) is 106 Å². The summed E-state index contributed by atoms with van der Waals surface area (Å²) in [7, 11) is 0. The van der Waals surface area contributed by atoms with Gasteiger partial charge in [-0.25, -0.2) is 0 Å². The maximum absolute atomic E-state index is 13.9. The Labute approximate surface area is 454 Å². The molecule has 2 aliphatic heterocycles. The SMILES string of the molecule is O=C(CCCOCCOCCNC(=O)CCc1cc(Cl)c(COC2(C(=O)N3CCN(C4CC4)c4ccccc43)CC2)cc1Cl)CCc1cc(Cl)c(COC2(C(=O)N3CCN(C4CC4)c4ccccc43)CC2)cc1Cl. The zero-order chi connectivity index (χ0) is 51.4. The average Bonchev–Trinajstić information content (AvgIpc) is 4.17. The molecule has 4 aromatic rings. The number of para-hydroxylation sites is 4. The van der Waals surface area contributed by atoms with Gasteiger partial charge in [0.15, 0.2) is 0 Å². The van der Waals surface area contributed by atoms with Gasteiger partial charge in [0.1, 0.15) is 17.0 Å². The molecule has 13 nitrogen and oxygen atoms in total. The Morgan fingerprint density at radius 3 is 1.43 bits per heavy atom. The second kappa shape index (κ2) is 23.4. The van der Waals surface area contributed by atoms with E-state index in [9.17, 15) is 19.2 Å². The van der Waals surface area contributed by atoms with Crippen LogP contribution in [0.2, 0.25) is 20.1 Å². The predicted molar refractivity (Wildman–Crippen MR) is 290 cm³/mol. The first-order chi connectivity index (χ1) is 35.9. The first-order valence-electron chi connectivity index (χ1n) is 26.4. The van der Waals surface area contributed by atoms with E-state index in [2.05, 4.69) is 27.2 Å². The van der Waals surface area contributed by atoms with Crippen LogP contribution in [0.4, 0.5) is 22.7 Å². The number of fused-ring (bicyclic) bond motifs is 2. The van der Waals surface area contributed by atoms with E-state index < -0.39 is 11.2 Å². The number of hydrogen-bond donors (Lipinski definition) is 1. The summed E-state index contributed by atoms with van der Waals surface area (Å²) in [4.78, 5) is 61.9. The van der Waals surface area contributed by atoms with Crippen molar-refractivity contribution in [3.63, 3.8) is 0 Å². The molecule has 1 N–H and O–H groups in total. The smallest absolute Gasteiger partial charge is 0.259 e. The quantitative estimate of drug-likeness (QED) is 0.0607. The lowest BCUT2D eigenvalue weighted by Crippen LogP contribution is -2.49. The number of ether oxygens (including phenoxy) is 4. The normalized spacial score (nSPS) is 18.2. The summed E-state index contributed by atoms with van der Waals surface area (Å²) in [6.07, 6.45) is 9.84. The molecule has 4 aromatic carbocycles. The van der Waals surface area contributed by atoms with Crippen LogP contribution in [0.15, 0.2) is 72.8 Å². The first-order valence-corrected chi connectivity index (χ1v) is 27.9. The highest BCUT2D eigenvalue weighted by Gasteiger charge is 2.56. The van der Waals surface area contributed by atoms with Crippen LogP contribution in [-0.2, 0) is 64.2 Å². The van der Waals surface area contributed by atoms with Crippen molar-refractivity contribution in [2.24, 2.45) is 0 Å². The number of benzene rings is 4. The highest BCUT2D eigenvalue weighted by molar-refractivity contribution is 6.34. The van der Waals surface area contributed by atoms with Crippen LogP contribution in [0.1, 0.15) is 99.3 Å². The van der Waals surface area contributed by atoms with Crippen molar-refractivity contribution in [2.45, 2.75) is 126 Å². The molecule has 6 aliphatic rings. The van der Waals surface area contributed by atoms with E-state index in [1.807, 2.05) is 46.2 Å². The number of halogens is 4. The third-order valence-corrected chi connectivity index (χ3v) is 16.6. The van der Waals surface area contributed by atoms with Crippen LogP contribution in [0.5, 0.6) is 0 Å². The van der Waals surface area contributed by atoms with Gasteiger partial charge in [0.25, 0.3) is 11.8 Å². The molecule has 0 unspecified atom stereocenters. The molecule has 17 heteroatoms. The van der Waals surface area contributed by atoms with Crippen LogP contribution in [0.3, 0.4) is 0 Å². The Bertz CT molecular complexity index is 2540. The third kappa shape index (κ3) is 12.5. The maximum atomic E-state index is 13.9. The van der Waals surface area contributed by atoms with Crippen LogP contribution in [0.25, 0.3) is 0 Å². The molecule has 0 aromatic heterocycles. The van der Waals surface area contributed by atoms with Crippen molar-refractivity contribution >= 4 is 92.7 Å². The molecule has 0 spiro atoms. The van der Waals surface area contributed by atoms with Gasteiger partial charge < -0.3 is 43.9 Å². The largest absolute Gasteiger partial charge is 0.379 e. The van der Waals surface area contributed by atoms with Gasteiger partial charge in [-0.2, -0.15) is 0 Å². The number of nitrogens with zero attached hydrogens (tertiary/aromatic N) is 4. The average molecular weight is 1090 g/mol. The molecule has 3 amide bonds. The Hall–Kier alpha value is -4.44. The number of anilines is 4. The van der Waals surface area contributed by atoms with Gasteiger partial charge in [0.05, 0.1) is 55.8 Å². The number of hydrogen-bond acceptors (Lipinski definition) is 10. The van der Waals surface area contributed by atoms with E-state index in [-0.39, 0.29) is 43.1 Å². The molecule has 4 fully saturated rings. The van der Waals surface area contributed by atoms with Crippen molar-refractivity contribution in [1.29, 1.82) is 0 Å². The predicted octanol–water partition coefficient (Wildman–Crippen LogP) is 10.5. The molecule has 10 rings (SSSR count). The van der Waals surface area contributed by atoms with Gasteiger partial charge in [0, 0.05) is 90.8 Å². The number of ketones is 1. The van der Waals surface area contributed by atoms with E-state index in [1.54, 1.807) is 24.3 Å². The highest BCUT2D eigenvalue weighted by Crippen LogP contribution is 2.48. The van der Waals surface area contributed by atoms with Gasteiger partial charge in [-0.3, -0.25) is 19.2 Å². The van der Waals surface area contributed by atoms with Gasteiger partial charge >= 0.3 is 0 Å². The Morgan fingerprint density at radius 2 is 0.959 bits per heavy atom. The Morgan fingerprint density at radius 1 is 0.527 bits per heavy atom. The van der Waals surface area contributed by atoms with Crippen molar-refractivity contribution in [3.05, 3.63) is 115 Å². The minimum Gasteiger partial charge on any atom is -0.379 e. The minimum absolute atomic E-state index is 0.00105. The van der Waals surface area contributed by atoms with Crippen molar-refractivity contribution < 1.29 is 38.1 Å². The molecular weight excluding hydrogens is 1020 g/mol. The van der Waals surface area contributed by atoms with E-state index in [4.69, 9.17) is 65.4 Å². The summed E-state index contributed by atoms with van der Waals surface area (Å²) >= 11 is 26.8. The number of amides is 3. The number of Topliss-reactive ketones (excluding diaryl/α,β-unsaturated/α-hetero) is 1. The molecule has 0 atom stereocenters. The van der Waals surface area contributed by atoms with Gasteiger partial charge in [-0.1, -0.05) is 70.7 Å². The van der Waals surface area contributed by atoms with E-state index in [0.29, 0.717) is 147 Å². The summed E-state index contributed by atoms with van der Waals surface area (Å²) in [5.41, 5.74) is 5.37. The monoisotopic (exact) mass is 1090 g/mol. The molecule has 0 radical (unpaired) electrons. The van der Waals surface area contributed by atoms with Crippen molar-refractivity contribution in [2.75, 3.05) is 78.8 Å². The second-order valence-corrected chi connectivity index (χ2v) is 22.2. The number of rotatable bonds is 26. The molecular formula is C57H65Cl4N5O8. The van der Waals surface area contributed by atoms with Crippen molar-refractivity contribution in [3.8, 4) is 0 Å². The van der Waals surface area contributed by atoms with Gasteiger partial charge in [-0.15, -0.1) is 0 Å². The van der Waals surface area contributed by atoms with E-state index in [0.717, 1.165) is 47.0 Å². The highest BCUT2D eigenvalue weighted by atomic mass is 35.5. The third-order valence-electron chi connectivity index (χ3n) is 15.2. The molecule has 394 valence electrons. The topological polar surface area (TPSA) is 130 Å². The Kier molecular flexibility index (Phi) is 16.8.